The van der Waals surface area contributed by atoms with Crippen LogP contribution in [0.15, 0.2) is 18.2 Å². The van der Waals surface area contributed by atoms with Gasteiger partial charge in [-0.1, -0.05) is 11.8 Å². The first-order chi connectivity index (χ1) is 9.49. The van der Waals surface area contributed by atoms with Crippen molar-refractivity contribution in [2.75, 3.05) is 24.3 Å². The molecule has 0 aromatic heterocycles. The number of amides is 1. The summed E-state index contributed by atoms with van der Waals surface area (Å²) in [6.45, 7) is 2.02. The van der Waals surface area contributed by atoms with Gasteiger partial charge in [0.05, 0.1) is 12.8 Å². The molecule has 1 saturated heterocycles. The molecule has 108 valence electrons. The molecule has 0 bridgehead atoms. The lowest BCUT2D eigenvalue weighted by atomic mass is 10.1. The van der Waals surface area contributed by atoms with Crippen LogP contribution in [0.2, 0.25) is 0 Å². The second kappa shape index (κ2) is 6.26. The van der Waals surface area contributed by atoms with Crippen molar-refractivity contribution in [2.24, 2.45) is 5.92 Å². The number of thioether (sulfide) groups is 1. The SMILES string of the molecule is COc1cc(F)cc(N2CC(CSC(C)=O)CC2=O)c1. The average Bonchev–Trinajstić information content (AvgIpc) is 2.77. The summed E-state index contributed by atoms with van der Waals surface area (Å²) in [5.74, 6) is 0.629. The van der Waals surface area contributed by atoms with Gasteiger partial charge < -0.3 is 9.64 Å². The van der Waals surface area contributed by atoms with E-state index in [1.807, 2.05) is 0 Å². The average molecular weight is 297 g/mol. The topological polar surface area (TPSA) is 46.6 Å². The highest BCUT2D eigenvalue weighted by atomic mass is 32.2. The van der Waals surface area contributed by atoms with E-state index >= 15 is 0 Å². The van der Waals surface area contributed by atoms with E-state index in [1.54, 1.807) is 11.0 Å². The van der Waals surface area contributed by atoms with Gasteiger partial charge in [-0.05, 0) is 12.0 Å². The van der Waals surface area contributed by atoms with E-state index in [0.29, 0.717) is 30.2 Å². The Balaban J connectivity index is 2.11. The Morgan fingerprint density at radius 1 is 1.50 bits per heavy atom. The fourth-order valence-electron chi connectivity index (χ4n) is 2.20. The number of benzene rings is 1. The van der Waals surface area contributed by atoms with Gasteiger partial charge in [0.1, 0.15) is 11.6 Å². The molecule has 0 radical (unpaired) electrons. The van der Waals surface area contributed by atoms with Crippen LogP contribution in [0.1, 0.15) is 13.3 Å². The zero-order chi connectivity index (χ0) is 14.7. The number of methoxy groups -OCH3 is 1. The lowest BCUT2D eigenvalue weighted by molar-refractivity contribution is -0.117. The normalized spacial score (nSPS) is 18.4. The van der Waals surface area contributed by atoms with Crippen LogP contribution in [0.25, 0.3) is 0 Å². The molecule has 1 fully saturated rings. The minimum atomic E-state index is -0.436. The largest absolute Gasteiger partial charge is 0.497 e. The fourth-order valence-corrected chi connectivity index (χ4v) is 2.89. The molecule has 1 aliphatic heterocycles. The van der Waals surface area contributed by atoms with Crippen LogP contribution in [-0.4, -0.2) is 30.4 Å². The molecule has 0 aliphatic carbocycles. The zero-order valence-corrected chi connectivity index (χ0v) is 12.2. The molecule has 1 aromatic rings. The third kappa shape index (κ3) is 3.50. The van der Waals surface area contributed by atoms with Crippen molar-refractivity contribution in [1.82, 2.24) is 0 Å². The molecule has 2 rings (SSSR count). The first kappa shape index (κ1) is 14.8. The lowest BCUT2D eigenvalue weighted by Gasteiger charge is -2.17. The maximum atomic E-state index is 13.5. The summed E-state index contributed by atoms with van der Waals surface area (Å²) in [5.41, 5.74) is 0.502. The van der Waals surface area contributed by atoms with Crippen molar-refractivity contribution in [3.63, 3.8) is 0 Å². The number of nitrogens with zero attached hydrogens (tertiary/aromatic N) is 1. The number of hydrogen-bond acceptors (Lipinski definition) is 4. The van der Waals surface area contributed by atoms with E-state index in [4.69, 9.17) is 4.74 Å². The van der Waals surface area contributed by atoms with Crippen LogP contribution in [-0.2, 0) is 9.59 Å². The molecule has 0 N–H and O–H groups in total. The van der Waals surface area contributed by atoms with E-state index in [0.717, 1.165) is 0 Å². The highest BCUT2D eigenvalue weighted by Crippen LogP contribution is 2.30. The molecule has 6 heteroatoms. The maximum absolute atomic E-state index is 13.5. The third-order valence-electron chi connectivity index (χ3n) is 3.13. The molecule has 4 nitrogen and oxygen atoms in total. The summed E-state index contributed by atoms with van der Waals surface area (Å²) in [7, 11) is 1.46. The van der Waals surface area contributed by atoms with Crippen LogP contribution in [0, 0.1) is 11.7 Å². The van der Waals surface area contributed by atoms with E-state index < -0.39 is 5.82 Å². The quantitative estimate of drug-likeness (QED) is 0.856. The number of carbonyl (C=O) groups is 2. The van der Waals surface area contributed by atoms with Gasteiger partial charge in [-0.25, -0.2) is 4.39 Å². The van der Waals surface area contributed by atoms with Crippen molar-refractivity contribution in [2.45, 2.75) is 13.3 Å². The van der Waals surface area contributed by atoms with Crippen molar-refractivity contribution in [1.29, 1.82) is 0 Å². The number of rotatable bonds is 4. The molecule has 0 spiro atoms. The molecule has 20 heavy (non-hydrogen) atoms. The lowest BCUT2D eigenvalue weighted by Crippen LogP contribution is -2.24. The molecular formula is C14H16FNO3S. The van der Waals surface area contributed by atoms with Gasteiger partial charge in [0.2, 0.25) is 5.91 Å². The van der Waals surface area contributed by atoms with Crippen LogP contribution < -0.4 is 9.64 Å². The van der Waals surface area contributed by atoms with Gasteiger partial charge in [0, 0.05) is 37.8 Å². The predicted molar refractivity (Wildman–Crippen MR) is 76.6 cm³/mol. The Kier molecular flexibility index (Phi) is 4.65. The van der Waals surface area contributed by atoms with Gasteiger partial charge in [-0.15, -0.1) is 0 Å². The van der Waals surface area contributed by atoms with Gasteiger partial charge in [0.15, 0.2) is 5.12 Å². The fraction of sp³-hybridized carbons (Fsp3) is 0.429. The second-order valence-corrected chi connectivity index (χ2v) is 5.92. The monoisotopic (exact) mass is 297 g/mol. The summed E-state index contributed by atoms with van der Waals surface area (Å²) in [4.78, 5) is 24.5. The summed E-state index contributed by atoms with van der Waals surface area (Å²) < 4.78 is 18.5. The standard InChI is InChI=1S/C14H16FNO3S/c1-9(17)20-8-10-3-14(18)16(7-10)12-4-11(15)5-13(6-12)19-2/h4-6,10H,3,7-8H2,1-2H3. The highest BCUT2D eigenvalue weighted by molar-refractivity contribution is 8.13. The summed E-state index contributed by atoms with van der Waals surface area (Å²) >= 11 is 1.22. The Labute approximate surface area is 121 Å². The van der Waals surface area contributed by atoms with Crippen LogP contribution in [0.3, 0.4) is 0 Å². The molecular weight excluding hydrogens is 281 g/mol. The summed E-state index contributed by atoms with van der Waals surface area (Å²) in [6, 6.07) is 4.23. The first-order valence-electron chi connectivity index (χ1n) is 6.28. The number of ether oxygens (including phenoxy) is 1. The minimum absolute atomic E-state index is 0.0447. The molecule has 0 saturated carbocycles. The molecule has 1 aliphatic rings. The highest BCUT2D eigenvalue weighted by Gasteiger charge is 2.31. The Bertz CT molecular complexity index is 535. The smallest absolute Gasteiger partial charge is 0.227 e. The maximum Gasteiger partial charge on any atom is 0.227 e. The van der Waals surface area contributed by atoms with Crippen LogP contribution >= 0.6 is 11.8 Å². The molecule has 1 unspecified atom stereocenters. The van der Waals surface area contributed by atoms with Gasteiger partial charge in [-0.3, -0.25) is 9.59 Å². The number of halogens is 1. The van der Waals surface area contributed by atoms with Crippen molar-refractivity contribution in [3.05, 3.63) is 24.0 Å². The molecule has 1 amide bonds. The Morgan fingerprint density at radius 3 is 2.90 bits per heavy atom. The number of carbonyl (C=O) groups excluding carboxylic acids is 2. The summed E-state index contributed by atoms with van der Waals surface area (Å²) in [6.07, 6.45) is 0.388. The Hall–Kier alpha value is -1.56. The molecule has 1 heterocycles. The molecule has 1 aromatic carbocycles. The summed E-state index contributed by atoms with van der Waals surface area (Å²) in [5, 5.41) is 0.0447. The van der Waals surface area contributed by atoms with Gasteiger partial charge in [0.25, 0.3) is 0 Å². The number of hydrogen-bond donors (Lipinski definition) is 0. The molecule has 1 atom stereocenters. The first-order valence-corrected chi connectivity index (χ1v) is 7.26. The van der Waals surface area contributed by atoms with E-state index in [1.165, 1.54) is 37.9 Å². The van der Waals surface area contributed by atoms with Crippen LogP contribution in [0.4, 0.5) is 10.1 Å². The van der Waals surface area contributed by atoms with Crippen molar-refractivity contribution >= 4 is 28.5 Å². The van der Waals surface area contributed by atoms with E-state index in [-0.39, 0.29) is 16.9 Å². The minimum Gasteiger partial charge on any atom is -0.497 e. The van der Waals surface area contributed by atoms with Gasteiger partial charge in [-0.2, -0.15) is 0 Å². The zero-order valence-electron chi connectivity index (χ0n) is 11.4. The van der Waals surface area contributed by atoms with Crippen molar-refractivity contribution in [3.8, 4) is 5.75 Å². The van der Waals surface area contributed by atoms with Crippen LogP contribution in [0.5, 0.6) is 5.75 Å². The van der Waals surface area contributed by atoms with E-state index in [2.05, 4.69) is 0 Å². The predicted octanol–water partition coefficient (Wildman–Crippen LogP) is 2.47. The van der Waals surface area contributed by atoms with Crippen molar-refractivity contribution < 1.29 is 18.7 Å². The number of anilines is 1. The third-order valence-corrected chi connectivity index (χ3v) is 4.18. The van der Waals surface area contributed by atoms with Gasteiger partial charge >= 0.3 is 0 Å². The Morgan fingerprint density at radius 2 is 2.25 bits per heavy atom. The second-order valence-electron chi connectivity index (χ2n) is 4.73. The van der Waals surface area contributed by atoms with E-state index in [9.17, 15) is 14.0 Å².